The molecule has 2 N–H and O–H groups in total. The summed E-state index contributed by atoms with van der Waals surface area (Å²) in [5.41, 5.74) is 1.26. The van der Waals surface area contributed by atoms with Crippen molar-refractivity contribution in [1.29, 1.82) is 0 Å². The van der Waals surface area contributed by atoms with Gasteiger partial charge in [0.05, 0.1) is 17.5 Å². The summed E-state index contributed by atoms with van der Waals surface area (Å²) < 4.78 is 25.3. The van der Waals surface area contributed by atoms with Crippen molar-refractivity contribution in [2.75, 3.05) is 16.3 Å². The number of carbonyl (C=O) groups is 1. The summed E-state index contributed by atoms with van der Waals surface area (Å²) in [6, 6.07) is 9.73. The van der Waals surface area contributed by atoms with Gasteiger partial charge in [0.25, 0.3) is 5.91 Å². The molecule has 0 radical (unpaired) electrons. The number of benzene rings is 1. The Morgan fingerprint density at radius 3 is 2.52 bits per heavy atom. The molecule has 6 nitrogen and oxygen atoms in total. The van der Waals surface area contributed by atoms with Crippen LogP contribution in [0.2, 0.25) is 0 Å². The first kappa shape index (κ1) is 15.5. The van der Waals surface area contributed by atoms with E-state index in [9.17, 15) is 13.2 Å². The maximum Gasteiger partial charge on any atom is 0.257 e. The van der Waals surface area contributed by atoms with Gasteiger partial charge in [-0.3, -0.25) is 9.52 Å². The molecule has 1 aromatic heterocycles. The van der Waals surface area contributed by atoms with E-state index in [0.717, 1.165) is 6.26 Å². The highest BCUT2D eigenvalue weighted by Gasteiger charge is 2.08. The van der Waals surface area contributed by atoms with Crippen LogP contribution in [0.4, 0.5) is 11.4 Å². The Bertz CT molecular complexity index is 760. The third-order valence-corrected chi connectivity index (χ3v) is 3.49. The molecule has 0 unspecified atom stereocenters. The number of sulfonamides is 1. The number of anilines is 2. The first-order chi connectivity index (χ1) is 9.83. The number of nitrogens with one attached hydrogen (secondary N) is 2. The minimum absolute atomic E-state index is 0.327. The summed E-state index contributed by atoms with van der Waals surface area (Å²) in [5, 5.41) is 2.67. The normalized spacial score (nSPS) is 11.0. The molecule has 0 fully saturated rings. The van der Waals surface area contributed by atoms with Gasteiger partial charge in [-0.1, -0.05) is 6.07 Å². The van der Waals surface area contributed by atoms with Crippen molar-refractivity contribution in [3.63, 3.8) is 0 Å². The second-order valence-electron chi connectivity index (χ2n) is 4.28. The molecule has 2 rings (SSSR count). The molecule has 8 heteroatoms. The summed E-state index contributed by atoms with van der Waals surface area (Å²) in [4.78, 5) is 16.0. The lowest BCUT2D eigenvalue weighted by atomic mass is 10.2. The number of amides is 1. The topological polar surface area (TPSA) is 88.2 Å². The van der Waals surface area contributed by atoms with Gasteiger partial charge in [0.2, 0.25) is 10.0 Å². The Balaban J connectivity index is 2.14. The second kappa shape index (κ2) is 6.23. The van der Waals surface area contributed by atoms with E-state index >= 15 is 0 Å². The van der Waals surface area contributed by atoms with Gasteiger partial charge in [0.1, 0.15) is 4.60 Å². The van der Waals surface area contributed by atoms with Crippen molar-refractivity contribution in [2.24, 2.45) is 0 Å². The van der Waals surface area contributed by atoms with Crippen LogP contribution in [0.25, 0.3) is 0 Å². The number of halogens is 1. The van der Waals surface area contributed by atoms with Gasteiger partial charge >= 0.3 is 0 Å². The van der Waals surface area contributed by atoms with E-state index in [1.165, 1.54) is 12.3 Å². The van der Waals surface area contributed by atoms with E-state index in [1.54, 1.807) is 30.3 Å². The number of aromatic nitrogens is 1. The molecular weight excluding hydrogens is 358 g/mol. The fourth-order valence-corrected chi connectivity index (χ4v) is 2.38. The van der Waals surface area contributed by atoms with E-state index in [2.05, 4.69) is 31.0 Å². The molecule has 0 spiro atoms. The predicted molar refractivity (Wildman–Crippen MR) is 84.8 cm³/mol. The van der Waals surface area contributed by atoms with Crippen molar-refractivity contribution in [2.45, 2.75) is 0 Å². The zero-order valence-electron chi connectivity index (χ0n) is 11.0. The monoisotopic (exact) mass is 369 g/mol. The molecule has 0 atom stereocenters. The van der Waals surface area contributed by atoms with Crippen LogP contribution in [-0.4, -0.2) is 25.6 Å². The van der Waals surface area contributed by atoms with Gasteiger partial charge in [-0.15, -0.1) is 0 Å². The lowest BCUT2D eigenvalue weighted by Gasteiger charge is -2.08. The Morgan fingerprint density at radius 1 is 1.19 bits per heavy atom. The smallest absolute Gasteiger partial charge is 0.257 e. The van der Waals surface area contributed by atoms with Crippen molar-refractivity contribution in [3.8, 4) is 0 Å². The molecular formula is C13H12BrN3O3S. The Morgan fingerprint density at radius 2 is 1.90 bits per heavy atom. The van der Waals surface area contributed by atoms with Crippen molar-refractivity contribution >= 4 is 43.2 Å². The first-order valence-corrected chi connectivity index (χ1v) is 8.53. The Labute approximate surface area is 130 Å². The summed E-state index contributed by atoms with van der Waals surface area (Å²) in [6.07, 6.45) is 2.50. The summed E-state index contributed by atoms with van der Waals surface area (Å²) in [7, 11) is -3.36. The molecule has 1 heterocycles. The number of nitrogens with zero attached hydrogens (tertiary/aromatic N) is 1. The third kappa shape index (κ3) is 4.83. The molecule has 0 saturated heterocycles. The van der Waals surface area contributed by atoms with Crippen LogP contribution in [0.5, 0.6) is 0 Å². The van der Waals surface area contributed by atoms with Crippen LogP contribution >= 0.6 is 15.9 Å². The van der Waals surface area contributed by atoms with Crippen molar-refractivity contribution in [1.82, 2.24) is 4.98 Å². The molecule has 2 aromatic rings. The van der Waals surface area contributed by atoms with Crippen LogP contribution in [0, 0.1) is 0 Å². The van der Waals surface area contributed by atoms with Crippen LogP contribution in [0.3, 0.4) is 0 Å². The average Bonchev–Trinajstić information content (AvgIpc) is 2.37. The van der Waals surface area contributed by atoms with E-state index in [4.69, 9.17) is 0 Å². The van der Waals surface area contributed by atoms with E-state index in [-0.39, 0.29) is 5.91 Å². The largest absolute Gasteiger partial charge is 0.322 e. The van der Waals surface area contributed by atoms with Crippen molar-refractivity contribution < 1.29 is 13.2 Å². The van der Waals surface area contributed by atoms with Gasteiger partial charge in [-0.05, 0) is 46.3 Å². The quantitative estimate of drug-likeness (QED) is 0.810. The average molecular weight is 370 g/mol. The highest BCUT2D eigenvalue weighted by molar-refractivity contribution is 9.10. The lowest BCUT2D eigenvalue weighted by molar-refractivity contribution is 0.102. The van der Waals surface area contributed by atoms with Crippen LogP contribution in [-0.2, 0) is 10.0 Å². The fraction of sp³-hybridized carbons (Fsp3) is 0.0769. The zero-order valence-corrected chi connectivity index (χ0v) is 13.4. The Hall–Kier alpha value is -1.93. The molecule has 0 saturated carbocycles. The molecule has 110 valence electrons. The van der Waals surface area contributed by atoms with Gasteiger partial charge in [0.15, 0.2) is 0 Å². The minimum atomic E-state index is -3.36. The summed E-state index contributed by atoms with van der Waals surface area (Å²) >= 11 is 3.19. The zero-order chi connectivity index (χ0) is 15.5. The van der Waals surface area contributed by atoms with Gasteiger partial charge < -0.3 is 5.32 Å². The number of rotatable bonds is 4. The number of pyridine rings is 1. The van der Waals surface area contributed by atoms with Crippen molar-refractivity contribution in [3.05, 3.63) is 52.8 Å². The maximum atomic E-state index is 12.0. The van der Waals surface area contributed by atoms with Gasteiger partial charge in [-0.2, -0.15) is 0 Å². The molecule has 1 amide bonds. The fourth-order valence-electron chi connectivity index (χ4n) is 1.59. The van der Waals surface area contributed by atoms with E-state index < -0.39 is 10.0 Å². The summed E-state index contributed by atoms with van der Waals surface area (Å²) in [5.74, 6) is -0.327. The summed E-state index contributed by atoms with van der Waals surface area (Å²) in [6.45, 7) is 0. The highest BCUT2D eigenvalue weighted by Crippen LogP contribution is 2.17. The first-order valence-electron chi connectivity index (χ1n) is 5.84. The van der Waals surface area contributed by atoms with Gasteiger partial charge in [-0.25, -0.2) is 13.4 Å². The SMILES string of the molecule is CS(=O)(=O)Nc1cccc(NC(=O)c2ccc(Br)nc2)c1. The number of hydrogen-bond acceptors (Lipinski definition) is 4. The second-order valence-corrected chi connectivity index (χ2v) is 6.84. The highest BCUT2D eigenvalue weighted by atomic mass is 79.9. The number of hydrogen-bond donors (Lipinski definition) is 2. The molecule has 0 aliphatic heterocycles. The molecule has 0 bridgehead atoms. The lowest BCUT2D eigenvalue weighted by Crippen LogP contribution is -2.13. The molecule has 21 heavy (non-hydrogen) atoms. The number of carbonyl (C=O) groups excluding carboxylic acids is 1. The standard InChI is InChI=1S/C13H12BrN3O3S/c1-21(19,20)17-11-4-2-3-10(7-11)16-13(18)9-5-6-12(14)15-8-9/h2-8,17H,1H3,(H,16,18). The predicted octanol–water partition coefficient (Wildman–Crippen LogP) is 2.47. The van der Waals surface area contributed by atoms with E-state index in [0.29, 0.717) is 21.5 Å². The molecule has 0 aliphatic carbocycles. The van der Waals surface area contributed by atoms with Gasteiger partial charge in [0, 0.05) is 11.9 Å². The third-order valence-electron chi connectivity index (χ3n) is 2.41. The maximum absolute atomic E-state index is 12.0. The molecule has 1 aromatic carbocycles. The van der Waals surface area contributed by atoms with Crippen LogP contribution in [0.1, 0.15) is 10.4 Å². The van der Waals surface area contributed by atoms with E-state index in [1.807, 2.05) is 0 Å². The molecule has 0 aliphatic rings. The van der Waals surface area contributed by atoms with Crippen LogP contribution < -0.4 is 10.0 Å². The Kier molecular flexibility index (Phi) is 4.59. The van der Waals surface area contributed by atoms with Crippen LogP contribution in [0.15, 0.2) is 47.2 Å². The minimum Gasteiger partial charge on any atom is -0.322 e.